The first-order valence-corrected chi connectivity index (χ1v) is 8.74. The predicted octanol–water partition coefficient (Wildman–Crippen LogP) is 4.74. The van der Waals surface area contributed by atoms with Crippen LogP contribution < -0.4 is 0 Å². The van der Waals surface area contributed by atoms with E-state index in [1.165, 1.54) is 38.5 Å². The van der Waals surface area contributed by atoms with Gasteiger partial charge in [0.15, 0.2) is 0 Å². The van der Waals surface area contributed by atoms with Crippen molar-refractivity contribution in [2.45, 2.75) is 84.6 Å². The Kier molecular flexibility index (Phi) is 8.86. The number of aliphatic hydroxyl groups is 1. The number of hydrogen-bond acceptors (Lipinski definition) is 4. The van der Waals surface area contributed by atoms with E-state index >= 15 is 0 Å². The highest BCUT2D eigenvalue weighted by Crippen LogP contribution is 2.24. The van der Waals surface area contributed by atoms with Gasteiger partial charge in [0.1, 0.15) is 11.3 Å². The summed E-state index contributed by atoms with van der Waals surface area (Å²) in [5, 5.41) is 10.1. The molecule has 1 rings (SSSR count). The zero-order valence-electron chi connectivity index (χ0n) is 14.4. The molecular formula is C18H31NO3. The number of dihydropyridines is 1. The molecular weight excluding hydrogens is 278 g/mol. The maximum Gasteiger partial charge on any atom is 0.343 e. The van der Waals surface area contributed by atoms with Crippen molar-refractivity contribution in [3.8, 4) is 0 Å². The summed E-state index contributed by atoms with van der Waals surface area (Å²) in [4.78, 5) is 16.4. The van der Waals surface area contributed by atoms with Crippen molar-refractivity contribution in [3.05, 3.63) is 11.3 Å². The highest BCUT2D eigenvalue weighted by Gasteiger charge is 2.26. The molecule has 1 atom stereocenters. The quantitative estimate of drug-likeness (QED) is 0.468. The van der Waals surface area contributed by atoms with Crippen LogP contribution in [0.5, 0.6) is 0 Å². The molecule has 0 radical (unpaired) electrons. The summed E-state index contributed by atoms with van der Waals surface area (Å²) in [5.41, 5.74) is 0.868. The maximum absolute atomic E-state index is 11.8. The molecule has 4 nitrogen and oxygen atoms in total. The molecule has 1 heterocycles. The van der Waals surface area contributed by atoms with E-state index in [1.807, 2.05) is 0 Å². The Balaban J connectivity index is 2.34. The Morgan fingerprint density at radius 2 is 1.82 bits per heavy atom. The lowest BCUT2D eigenvalue weighted by molar-refractivity contribution is -0.138. The van der Waals surface area contributed by atoms with Gasteiger partial charge in [-0.25, -0.2) is 4.79 Å². The van der Waals surface area contributed by atoms with Crippen LogP contribution >= 0.6 is 0 Å². The van der Waals surface area contributed by atoms with Crippen molar-refractivity contribution >= 4 is 11.7 Å². The van der Waals surface area contributed by atoms with E-state index in [0.29, 0.717) is 18.7 Å². The Morgan fingerprint density at radius 1 is 1.18 bits per heavy atom. The van der Waals surface area contributed by atoms with Crippen LogP contribution in [0, 0.1) is 0 Å². The van der Waals surface area contributed by atoms with Gasteiger partial charge in [-0.05, 0) is 20.3 Å². The third-order valence-electron chi connectivity index (χ3n) is 4.08. The summed E-state index contributed by atoms with van der Waals surface area (Å²) < 4.78 is 4.97. The van der Waals surface area contributed by atoms with Gasteiger partial charge >= 0.3 is 5.97 Å². The van der Waals surface area contributed by atoms with Crippen LogP contribution in [-0.2, 0) is 9.53 Å². The largest absolute Gasteiger partial charge is 0.511 e. The zero-order valence-corrected chi connectivity index (χ0v) is 14.4. The number of aliphatic imine (C=N–C) groups is 1. The van der Waals surface area contributed by atoms with Crippen molar-refractivity contribution < 1.29 is 14.6 Å². The van der Waals surface area contributed by atoms with Crippen LogP contribution in [-0.4, -0.2) is 29.4 Å². The monoisotopic (exact) mass is 309 g/mol. The summed E-state index contributed by atoms with van der Waals surface area (Å²) in [5.74, 6) is -0.325. The molecule has 0 spiro atoms. The molecule has 0 saturated heterocycles. The van der Waals surface area contributed by atoms with E-state index in [2.05, 4.69) is 11.9 Å². The van der Waals surface area contributed by atoms with Gasteiger partial charge in [-0.3, -0.25) is 4.99 Å². The average Bonchev–Trinajstić information content (AvgIpc) is 2.46. The smallest absolute Gasteiger partial charge is 0.343 e. The highest BCUT2D eigenvalue weighted by molar-refractivity contribution is 6.19. The highest BCUT2D eigenvalue weighted by atomic mass is 16.5. The van der Waals surface area contributed by atoms with E-state index in [9.17, 15) is 9.90 Å². The molecule has 0 unspecified atom stereocenters. The summed E-state index contributed by atoms with van der Waals surface area (Å²) >= 11 is 0. The fourth-order valence-electron chi connectivity index (χ4n) is 2.89. The average molecular weight is 309 g/mol. The topological polar surface area (TPSA) is 58.9 Å². The molecule has 0 amide bonds. The number of aliphatic hydroxyl groups excluding tert-OH is 1. The molecule has 4 heteroatoms. The fourth-order valence-corrected chi connectivity index (χ4v) is 2.89. The van der Waals surface area contributed by atoms with E-state index in [4.69, 9.17) is 4.74 Å². The van der Waals surface area contributed by atoms with Crippen molar-refractivity contribution in [3.63, 3.8) is 0 Å². The molecule has 0 fully saturated rings. The van der Waals surface area contributed by atoms with Crippen molar-refractivity contribution in [2.24, 2.45) is 4.99 Å². The predicted molar refractivity (Wildman–Crippen MR) is 90.4 cm³/mol. The number of hydrogen-bond donors (Lipinski definition) is 1. The normalized spacial score (nSPS) is 18.3. The van der Waals surface area contributed by atoms with Crippen LogP contribution in [0.3, 0.4) is 0 Å². The second kappa shape index (κ2) is 10.4. The molecule has 22 heavy (non-hydrogen) atoms. The van der Waals surface area contributed by atoms with Crippen molar-refractivity contribution in [1.29, 1.82) is 0 Å². The van der Waals surface area contributed by atoms with Gasteiger partial charge in [0.2, 0.25) is 0 Å². The van der Waals surface area contributed by atoms with Crippen LogP contribution in [0.1, 0.15) is 78.6 Å². The molecule has 0 bridgehead atoms. The Labute approximate surface area is 134 Å². The minimum Gasteiger partial charge on any atom is -0.511 e. The lowest BCUT2D eigenvalue weighted by atomic mass is 9.97. The van der Waals surface area contributed by atoms with Gasteiger partial charge in [-0.1, -0.05) is 51.9 Å². The summed E-state index contributed by atoms with van der Waals surface area (Å²) in [6, 6.07) is 0.105. The molecule has 0 saturated carbocycles. The molecule has 0 aromatic rings. The molecule has 1 aliphatic rings. The molecule has 126 valence electrons. The fraction of sp³-hybridized carbons (Fsp3) is 0.778. The number of carbonyl (C=O) groups is 1. The van der Waals surface area contributed by atoms with E-state index in [1.54, 1.807) is 13.8 Å². The lowest BCUT2D eigenvalue weighted by Gasteiger charge is -2.21. The standard InChI is InChI=1S/C18H31NO3/c1-4-6-7-8-9-10-11-12-15-13-16(20)17(14(3)19-15)18(21)22-5-2/h15,20H,4-13H2,1-3H3/t15-/m0/s1. The summed E-state index contributed by atoms with van der Waals surface area (Å²) in [7, 11) is 0. The van der Waals surface area contributed by atoms with Gasteiger partial charge in [0.25, 0.3) is 0 Å². The first-order valence-electron chi connectivity index (χ1n) is 8.74. The Hall–Kier alpha value is -1.32. The minimum atomic E-state index is -0.462. The number of carbonyl (C=O) groups excluding carboxylic acids is 1. The van der Waals surface area contributed by atoms with E-state index in [-0.39, 0.29) is 17.4 Å². The number of nitrogens with zero attached hydrogens (tertiary/aromatic N) is 1. The van der Waals surface area contributed by atoms with Crippen LogP contribution in [0.15, 0.2) is 16.3 Å². The summed E-state index contributed by atoms with van der Waals surface area (Å²) in [6.45, 7) is 6.08. The SMILES string of the molecule is CCCCCCCCC[C@H]1CC(O)=C(C(=O)OCC)C(C)=N1. The molecule has 0 aromatic heterocycles. The van der Waals surface area contributed by atoms with Crippen LogP contribution in [0.4, 0.5) is 0 Å². The lowest BCUT2D eigenvalue weighted by Crippen LogP contribution is -2.24. The van der Waals surface area contributed by atoms with Crippen LogP contribution in [0.25, 0.3) is 0 Å². The van der Waals surface area contributed by atoms with Crippen molar-refractivity contribution in [2.75, 3.05) is 6.61 Å². The summed E-state index contributed by atoms with van der Waals surface area (Å²) in [6.07, 6.45) is 10.4. The maximum atomic E-state index is 11.8. The van der Waals surface area contributed by atoms with Gasteiger partial charge < -0.3 is 9.84 Å². The third kappa shape index (κ3) is 6.20. The first kappa shape index (κ1) is 18.7. The third-order valence-corrected chi connectivity index (χ3v) is 4.08. The molecule has 1 aliphatic heterocycles. The molecule has 1 N–H and O–H groups in total. The van der Waals surface area contributed by atoms with Crippen LogP contribution in [0.2, 0.25) is 0 Å². The second-order valence-corrected chi connectivity index (χ2v) is 6.02. The van der Waals surface area contributed by atoms with E-state index < -0.39 is 5.97 Å². The number of unbranched alkanes of at least 4 members (excludes halogenated alkanes) is 6. The Morgan fingerprint density at radius 3 is 2.41 bits per heavy atom. The molecule has 0 aromatic carbocycles. The molecule has 0 aliphatic carbocycles. The van der Waals surface area contributed by atoms with Gasteiger partial charge in [0, 0.05) is 12.1 Å². The first-order chi connectivity index (χ1) is 10.6. The number of ether oxygens (including phenoxy) is 1. The van der Waals surface area contributed by atoms with Gasteiger partial charge in [0.05, 0.1) is 12.6 Å². The number of rotatable bonds is 10. The Bertz CT molecular complexity index is 413. The number of esters is 1. The van der Waals surface area contributed by atoms with Crippen molar-refractivity contribution in [1.82, 2.24) is 0 Å². The van der Waals surface area contributed by atoms with E-state index in [0.717, 1.165) is 12.8 Å². The minimum absolute atomic E-state index is 0.105. The van der Waals surface area contributed by atoms with Gasteiger partial charge in [-0.2, -0.15) is 0 Å². The zero-order chi connectivity index (χ0) is 16.4. The van der Waals surface area contributed by atoms with Gasteiger partial charge in [-0.15, -0.1) is 0 Å². The second-order valence-electron chi connectivity index (χ2n) is 6.02.